The number of fused-ring (bicyclic) bond motifs is 1. The summed E-state index contributed by atoms with van der Waals surface area (Å²) in [4.78, 5) is 28.6. The maximum Gasteiger partial charge on any atom is 0.252 e. The Morgan fingerprint density at radius 3 is 2.75 bits per heavy atom. The molecule has 1 atom stereocenters. The number of rotatable bonds is 6. The van der Waals surface area contributed by atoms with E-state index in [0.29, 0.717) is 17.8 Å². The van der Waals surface area contributed by atoms with Gasteiger partial charge in [-0.15, -0.1) is 5.10 Å². The summed E-state index contributed by atoms with van der Waals surface area (Å²) in [5.74, 6) is 1.21. The molecule has 1 unspecified atom stereocenters. The average molecular weight is 377 g/mol. The number of carbonyl (C=O) groups excluding carboxylic acids is 2. The van der Waals surface area contributed by atoms with Gasteiger partial charge in [-0.05, 0) is 29.3 Å². The van der Waals surface area contributed by atoms with Crippen molar-refractivity contribution in [3.8, 4) is 5.75 Å². The van der Waals surface area contributed by atoms with Crippen LogP contribution in [0.25, 0.3) is 0 Å². The molecule has 2 amide bonds. The van der Waals surface area contributed by atoms with Crippen molar-refractivity contribution in [2.24, 2.45) is 0 Å². The minimum atomic E-state index is -0.346. The van der Waals surface area contributed by atoms with Crippen LogP contribution in [0.4, 0.5) is 5.95 Å². The lowest BCUT2D eigenvalue weighted by Crippen LogP contribution is -2.24. The van der Waals surface area contributed by atoms with Crippen LogP contribution in [0.1, 0.15) is 39.8 Å². The number of aromatic amines is 1. The largest absolute Gasteiger partial charge is 0.497 e. The van der Waals surface area contributed by atoms with Gasteiger partial charge < -0.3 is 10.1 Å². The molecule has 3 N–H and O–H groups in total. The second-order valence-electron chi connectivity index (χ2n) is 6.50. The maximum absolute atomic E-state index is 12.4. The molecule has 2 aromatic carbocycles. The molecule has 142 valence electrons. The number of amides is 2. The molecule has 8 heteroatoms. The highest BCUT2D eigenvalue weighted by Crippen LogP contribution is 2.27. The molecule has 1 aromatic heterocycles. The molecule has 28 heavy (non-hydrogen) atoms. The molecule has 3 aromatic rings. The number of nitrogens with zero attached hydrogens (tertiary/aromatic N) is 2. The van der Waals surface area contributed by atoms with Crippen LogP contribution in [0.3, 0.4) is 0 Å². The summed E-state index contributed by atoms with van der Waals surface area (Å²) in [6.45, 7) is 0. The standard InChI is InChI=1S/C20H19N5O3/c1-28-13-8-6-12(7-9-13)10-17-22-20(25-24-17)23-18(26)11-16-14-4-2-3-5-15(14)19(27)21-16/h2-9,16H,10-11H2,1H3,(H,21,27)(H2,22,23,24,25,26). The molecule has 0 saturated carbocycles. The van der Waals surface area contributed by atoms with Gasteiger partial charge in [-0.3, -0.25) is 20.0 Å². The molecule has 0 spiro atoms. The Hall–Kier alpha value is -3.68. The van der Waals surface area contributed by atoms with Gasteiger partial charge in [-0.1, -0.05) is 30.3 Å². The first kappa shape index (κ1) is 17.7. The third-order valence-electron chi connectivity index (χ3n) is 4.59. The molecule has 4 rings (SSSR count). The predicted molar refractivity (Wildman–Crippen MR) is 102 cm³/mol. The average Bonchev–Trinajstić information content (AvgIpc) is 3.27. The molecule has 2 heterocycles. The van der Waals surface area contributed by atoms with E-state index in [9.17, 15) is 9.59 Å². The van der Waals surface area contributed by atoms with Crippen LogP contribution in [0.15, 0.2) is 48.5 Å². The van der Waals surface area contributed by atoms with E-state index in [1.54, 1.807) is 19.2 Å². The van der Waals surface area contributed by atoms with Crippen molar-refractivity contribution in [1.82, 2.24) is 20.5 Å². The van der Waals surface area contributed by atoms with E-state index in [2.05, 4.69) is 25.8 Å². The van der Waals surface area contributed by atoms with E-state index < -0.39 is 0 Å². The Labute approximate surface area is 161 Å². The Kier molecular flexibility index (Phi) is 4.76. The Morgan fingerprint density at radius 1 is 1.18 bits per heavy atom. The molecule has 8 nitrogen and oxygen atoms in total. The van der Waals surface area contributed by atoms with Crippen LogP contribution >= 0.6 is 0 Å². The first-order chi connectivity index (χ1) is 13.6. The highest BCUT2D eigenvalue weighted by molar-refractivity contribution is 6.00. The zero-order valence-corrected chi connectivity index (χ0v) is 15.2. The lowest BCUT2D eigenvalue weighted by Gasteiger charge is -2.10. The van der Waals surface area contributed by atoms with Crippen LogP contribution in [0, 0.1) is 0 Å². The number of ether oxygens (including phenoxy) is 1. The van der Waals surface area contributed by atoms with Gasteiger partial charge in [0.2, 0.25) is 11.9 Å². The summed E-state index contributed by atoms with van der Waals surface area (Å²) < 4.78 is 5.14. The summed E-state index contributed by atoms with van der Waals surface area (Å²) in [5.41, 5.74) is 2.48. The molecule has 1 aliphatic heterocycles. The summed E-state index contributed by atoms with van der Waals surface area (Å²) in [7, 11) is 1.62. The zero-order valence-electron chi connectivity index (χ0n) is 15.2. The number of nitrogens with one attached hydrogen (secondary N) is 3. The third kappa shape index (κ3) is 3.71. The third-order valence-corrected chi connectivity index (χ3v) is 4.59. The van der Waals surface area contributed by atoms with Gasteiger partial charge in [0.15, 0.2) is 0 Å². The van der Waals surface area contributed by atoms with Crippen molar-refractivity contribution in [3.63, 3.8) is 0 Å². The fourth-order valence-electron chi connectivity index (χ4n) is 3.21. The molecule has 0 radical (unpaired) electrons. The quantitative estimate of drug-likeness (QED) is 0.610. The minimum Gasteiger partial charge on any atom is -0.497 e. The van der Waals surface area contributed by atoms with E-state index in [1.165, 1.54) is 0 Å². The van der Waals surface area contributed by atoms with Gasteiger partial charge in [0.25, 0.3) is 5.91 Å². The Bertz CT molecular complexity index is 1010. The van der Waals surface area contributed by atoms with Crippen molar-refractivity contribution in [3.05, 3.63) is 71.0 Å². The highest BCUT2D eigenvalue weighted by atomic mass is 16.5. The Morgan fingerprint density at radius 2 is 1.96 bits per heavy atom. The number of hydrogen-bond acceptors (Lipinski definition) is 5. The number of anilines is 1. The van der Waals surface area contributed by atoms with Crippen LogP contribution in [0.2, 0.25) is 0 Å². The lowest BCUT2D eigenvalue weighted by atomic mass is 10.0. The van der Waals surface area contributed by atoms with E-state index in [1.807, 2.05) is 36.4 Å². The molecule has 0 bridgehead atoms. The van der Waals surface area contributed by atoms with Crippen molar-refractivity contribution in [2.45, 2.75) is 18.9 Å². The van der Waals surface area contributed by atoms with Crippen molar-refractivity contribution in [1.29, 1.82) is 0 Å². The number of methoxy groups -OCH3 is 1. The highest BCUT2D eigenvalue weighted by Gasteiger charge is 2.29. The summed E-state index contributed by atoms with van der Waals surface area (Å²) >= 11 is 0. The van der Waals surface area contributed by atoms with Crippen LogP contribution in [-0.2, 0) is 11.2 Å². The number of benzene rings is 2. The van der Waals surface area contributed by atoms with Crippen LogP contribution in [0.5, 0.6) is 5.75 Å². The van der Waals surface area contributed by atoms with Gasteiger partial charge in [0, 0.05) is 12.0 Å². The first-order valence-electron chi connectivity index (χ1n) is 8.86. The number of aromatic nitrogens is 3. The van der Waals surface area contributed by atoms with Crippen LogP contribution in [-0.4, -0.2) is 34.1 Å². The van der Waals surface area contributed by atoms with E-state index >= 15 is 0 Å². The molecular formula is C20H19N5O3. The minimum absolute atomic E-state index is 0.116. The Balaban J connectivity index is 1.36. The van der Waals surface area contributed by atoms with Gasteiger partial charge in [0.05, 0.1) is 19.6 Å². The van der Waals surface area contributed by atoms with Crippen LogP contribution < -0.4 is 15.4 Å². The zero-order chi connectivity index (χ0) is 19.5. The lowest BCUT2D eigenvalue weighted by molar-refractivity contribution is -0.116. The number of H-pyrrole nitrogens is 1. The van der Waals surface area contributed by atoms with Crippen molar-refractivity contribution < 1.29 is 14.3 Å². The SMILES string of the molecule is COc1ccc(Cc2nc(NC(=O)CC3NC(=O)c4ccccc43)n[nH]2)cc1. The van der Waals surface area contributed by atoms with Crippen molar-refractivity contribution in [2.75, 3.05) is 12.4 Å². The first-order valence-corrected chi connectivity index (χ1v) is 8.86. The molecule has 0 aliphatic carbocycles. The van der Waals surface area contributed by atoms with Crippen molar-refractivity contribution >= 4 is 17.8 Å². The number of carbonyl (C=O) groups is 2. The van der Waals surface area contributed by atoms with E-state index in [0.717, 1.165) is 16.9 Å². The van der Waals surface area contributed by atoms with Gasteiger partial charge >= 0.3 is 0 Å². The fraction of sp³-hybridized carbons (Fsp3) is 0.200. The maximum atomic E-state index is 12.4. The van der Waals surface area contributed by atoms with Gasteiger partial charge in [0.1, 0.15) is 11.6 Å². The molecular weight excluding hydrogens is 358 g/mol. The predicted octanol–water partition coefficient (Wildman–Crippen LogP) is 2.22. The smallest absolute Gasteiger partial charge is 0.252 e. The molecule has 0 fully saturated rings. The number of hydrogen-bond donors (Lipinski definition) is 3. The second-order valence-corrected chi connectivity index (χ2v) is 6.50. The molecule has 0 saturated heterocycles. The summed E-state index contributed by atoms with van der Waals surface area (Å²) in [6, 6.07) is 14.6. The summed E-state index contributed by atoms with van der Waals surface area (Å²) in [6.07, 6.45) is 0.671. The van der Waals surface area contributed by atoms with E-state index in [4.69, 9.17) is 4.74 Å². The van der Waals surface area contributed by atoms with Gasteiger partial charge in [-0.2, -0.15) is 4.98 Å². The topological polar surface area (TPSA) is 109 Å². The second kappa shape index (κ2) is 7.51. The molecule has 1 aliphatic rings. The fourth-order valence-corrected chi connectivity index (χ4v) is 3.21. The van der Waals surface area contributed by atoms with Gasteiger partial charge in [-0.25, -0.2) is 0 Å². The van der Waals surface area contributed by atoms with E-state index in [-0.39, 0.29) is 30.2 Å². The monoisotopic (exact) mass is 377 g/mol. The normalized spacial score (nSPS) is 15.0. The summed E-state index contributed by atoms with van der Waals surface area (Å²) in [5, 5.41) is 12.4.